The predicted octanol–water partition coefficient (Wildman–Crippen LogP) is 3.90. The molecule has 2 atom stereocenters. The zero-order valence-electron chi connectivity index (χ0n) is 16.8. The van der Waals surface area contributed by atoms with Crippen LogP contribution in [-0.4, -0.2) is 43.4 Å². The number of hydroxylamine groups is 2. The van der Waals surface area contributed by atoms with Crippen molar-refractivity contribution in [2.75, 3.05) is 20.3 Å². The Morgan fingerprint density at radius 3 is 2.40 bits per heavy atom. The van der Waals surface area contributed by atoms with Gasteiger partial charge in [0.15, 0.2) is 0 Å². The van der Waals surface area contributed by atoms with Gasteiger partial charge in [0.1, 0.15) is 0 Å². The number of carbonyl (C=O) groups is 2. The van der Waals surface area contributed by atoms with E-state index >= 15 is 0 Å². The van der Waals surface area contributed by atoms with Crippen molar-refractivity contribution in [1.29, 1.82) is 0 Å². The van der Waals surface area contributed by atoms with E-state index in [1.807, 2.05) is 13.8 Å². The first-order valence-corrected chi connectivity index (χ1v) is 9.46. The highest BCUT2D eigenvalue weighted by atomic mass is 16.7. The van der Waals surface area contributed by atoms with Gasteiger partial charge >= 0.3 is 6.09 Å². The van der Waals surface area contributed by atoms with E-state index in [2.05, 4.69) is 26.1 Å². The standard InChI is InChI=1S/C19H36N2O4/c1-7-9-16(22)21(24-6)15-10-11-19(5,13-18(15,3)4)14-20-17(23)25-12-8-2/h15H,7-14H2,1-6H3,(H,20,23). The van der Waals surface area contributed by atoms with E-state index in [-0.39, 0.29) is 28.9 Å². The van der Waals surface area contributed by atoms with Gasteiger partial charge in [-0.2, -0.15) is 0 Å². The normalized spacial score (nSPS) is 25.3. The molecule has 0 bridgehead atoms. The molecule has 25 heavy (non-hydrogen) atoms. The fraction of sp³-hybridized carbons (Fsp3) is 0.895. The third-order valence-corrected chi connectivity index (χ3v) is 5.09. The molecule has 1 rings (SSSR count). The minimum Gasteiger partial charge on any atom is -0.450 e. The summed E-state index contributed by atoms with van der Waals surface area (Å²) in [6.07, 6.45) is 4.47. The van der Waals surface area contributed by atoms with E-state index in [0.29, 0.717) is 19.6 Å². The van der Waals surface area contributed by atoms with Gasteiger partial charge in [-0.1, -0.05) is 34.6 Å². The number of ether oxygens (including phenoxy) is 1. The van der Waals surface area contributed by atoms with Crippen molar-refractivity contribution in [3.05, 3.63) is 0 Å². The second kappa shape index (κ2) is 9.41. The predicted molar refractivity (Wildman–Crippen MR) is 97.9 cm³/mol. The molecule has 2 unspecified atom stereocenters. The molecule has 0 saturated heterocycles. The molecule has 0 aromatic heterocycles. The summed E-state index contributed by atoms with van der Waals surface area (Å²) in [4.78, 5) is 29.5. The van der Waals surface area contributed by atoms with Crippen LogP contribution in [0.25, 0.3) is 0 Å². The van der Waals surface area contributed by atoms with Crippen LogP contribution in [0, 0.1) is 10.8 Å². The third-order valence-electron chi connectivity index (χ3n) is 5.09. The van der Waals surface area contributed by atoms with Crippen LogP contribution in [0.4, 0.5) is 4.79 Å². The van der Waals surface area contributed by atoms with Crippen LogP contribution in [0.15, 0.2) is 0 Å². The van der Waals surface area contributed by atoms with E-state index < -0.39 is 0 Å². The maximum atomic E-state index is 12.4. The first kappa shape index (κ1) is 21.7. The van der Waals surface area contributed by atoms with Gasteiger partial charge in [-0.3, -0.25) is 9.63 Å². The largest absolute Gasteiger partial charge is 0.450 e. The molecule has 0 aromatic rings. The van der Waals surface area contributed by atoms with Gasteiger partial charge in [0.25, 0.3) is 0 Å². The minimum absolute atomic E-state index is 0.0154. The van der Waals surface area contributed by atoms with E-state index in [9.17, 15) is 9.59 Å². The Kier molecular flexibility index (Phi) is 8.19. The Labute approximate surface area is 152 Å². The summed E-state index contributed by atoms with van der Waals surface area (Å²) < 4.78 is 5.09. The highest BCUT2D eigenvalue weighted by Crippen LogP contribution is 2.47. The summed E-state index contributed by atoms with van der Waals surface area (Å²) in [5.41, 5.74) is -0.111. The number of amides is 2. The number of hydrogen-bond donors (Lipinski definition) is 1. The van der Waals surface area contributed by atoms with E-state index in [4.69, 9.17) is 9.57 Å². The van der Waals surface area contributed by atoms with Crippen LogP contribution in [0.2, 0.25) is 0 Å². The number of nitrogens with one attached hydrogen (secondary N) is 1. The lowest BCUT2D eigenvalue weighted by atomic mass is 9.61. The molecule has 0 spiro atoms. The maximum absolute atomic E-state index is 12.4. The lowest BCUT2D eigenvalue weighted by molar-refractivity contribution is -0.209. The molecule has 1 fully saturated rings. The van der Waals surface area contributed by atoms with Gasteiger partial charge in [0.05, 0.1) is 19.8 Å². The Hall–Kier alpha value is -1.30. The second-order valence-electron chi connectivity index (χ2n) is 8.17. The minimum atomic E-state index is -0.348. The Morgan fingerprint density at radius 2 is 1.88 bits per heavy atom. The van der Waals surface area contributed by atoms with E-state index in [1.54, 1.807) is 12.2 Å². The molecule has 0 radical (unpaired) electrons. The molecule has 1 aliphatic rings. The quantitative estimate of drug-likeness (QED) is 0.670. The first-order chi connectivity index (χ1) is 11.7. The molecule has 1 saturated carbocycles. The highest BCUT2D eigenvalue weighted by Gasteiger charge is 2.46. The zero-order chi connectivity index (χ0) is 19.1. The molecule has 146 valence electrons. The van der Waals surface area contributed by atoms with E-state index in [0.717, 1.165) is 32.1 Å². The topological polar surface area (TPSA) is 67.9 Å². The van der Waals surface area contributed by atoms with Gasteiger partial charge < -0.3 is 10.1 Å². The molecule has 0 heterocycles. The van der Waals surface area contributed by atoms with Crippen LogP contribution in [-0.2, 0) is 14.4 Å². The molecule has 2 amide bonds. The Balaban J connectivity index is 2.70. The van der Waals surface area contributed by atoms with Crippen LogP contribution in [0.1, 0.15) is 73.1 Å². The van der Waals surface area contributed by atoms with Crippen LogP contribution < -0.4 is 5.32 Å². The molecular weight excluding hydrogens is 320 g/mol. The summed E-state index contributed by atoms with van der Waals surface area (Å²) in [5, 5.41) is 4.47. The van der Waals surface area contributed by atoms with Crippen LogP contribution in [0.3, 0.4) is 0 Å². The summed E-state index contributed by atoms with van der Waals surface area (Å²) in [6.45, 7) is 11.5. The molecule has 6 heteroatoms. The number of nitrogens with zero attached hydrogens (tertiary/aromatic N) is 1. The smallest absolute Gasteiger partial charge is 0.407 e. The van der Waals surface area contributed by atoms with Crippen molar-refractivity contribution in [1.82, 2.24) is 10.4 Å². The summed E-state index contributed by atoms with van der Waals surface area (Å²) in [7, 11) is 1.57. The molecule has 1 N–H and O–H groups in total. The lowest BCUT2D eigenvalue weighted by Crippen LogP contribution is -2.54. The number of carbonyl (C=O) groups excluding carboxylic acids is 2. The number of alkyl carbamates (subject to hydrolysis) is 1. The average molecular weight is 357 g/mol. The van der Waals surface area contributed by atoms with Gasteiger partial charge in [0, 0.05) is 13.0 Å². The van der Waals surface area contributed by atoms with Crippen molar-refractivity contribution >= 4 is 12.0 Å². The summed E-state index contributed by atoms with van der Waals surface area (Å²) >= 11 is 0. The van der Waals surface area contributed by atoms with Crippen molar-refractivity contribution in [3.63, 3.8) is 0 Å². The molecule has 6 nitrogen and oxygen atoms in total. The monoisotopic (exact) mass is 356 g/mol. The van der Waals surface area contributed by atoms with Gasteiger partial charge in [-0.15, -0.1) is 0 Å². The van der Waals surface area contributed by atoms with Crippen molar-refractivity contribution in [3.8, 4) is 0 Å². The lowest BCUT2D eigenvalue weighted by Gasteiger charge is -2.50. The number of rotatable bonds is 8. The van der Waals surface area contributed by atoms with Gasteiger partial charge in [-0.25, -0.2) is 9.86 Å². The zero-order valence-corrected chi connectivity index (χ0v) is 16.8. The second-order valence-corrected chi connectivity index (χ2v) is 8.17. The van der Waals surface area contributed by atoms with Crippen molar-refractivity contribution < 1.29 is 19.2 Å². The SMILES string of the molecule is CCCOC(=O)NCC1(C)CCC(N(OC)C(=O)CCC)C(C)(C)C1. The summed E-state index contributed by atoms with van der Waals surface area (Å²) in [5.74, 6) is 0.0490. The Morgan fingerprint density at radius 1 is 1.20 bits per heavy atom. The fourth-order valence-electron chi connectivity index (χ4n) is 4.03. The fourth-order valence-corrected chi connectivity index (χ4v) is 4.03. The van der Waals surface area contributed by atoms with E-state index in [1.165, 1.54) is 0 Å². The molecule has 1 aliphatic carbocycles. The average Bonchev–Trinajstić information content (AvgIpc) is 2.53. The molecular formula is C19H36N2O4. The van der Waals surface area contributed by atoms with Gasteiger partial charge in [0.2, 0.25) is 5.91 Å². The van der Waals surface area contributed by atoms with Crippen molar-refractivity contribution in [2.24, 2.45) is 10.8 Å². The Bertz CT molecular complexity index is 453. The summed E-state index contributed by atoms with van der Waals surface area (Å²) in [6, 6.07) is 0.0525. The van der Waals surface area contributed by atoms with Crippen molar-refractivity contribution in [2.45, 2.75) is 79.2 Å². The third kappa shape index (κ3) is 6.17. The van der Waals surface area contributed by atoms with Crippen LogP contribution >= 0.6 is 0 Å². The van der Waals surface area contributed by atoms with Gasteiger partial charge in [-0.05, 0) is 42.9 Å². The first-order valence-electron chi connectivity index (χ1n) is 9.46. The molecule has 0 aromatic carbocycles. The maximum Gasteiger partial charge on any atom is 0.407 e. The number of hydrogen-bond acceptors (Lipinski definition) is 4. The molecule has 0 aliphatic heterocycles. The van der Waals surface area contributed by atoms with Crippen LogP contribution in [0.5, 0.6) is 0 Å². The highest BCUT2D eigenvalue weighted by molar-refractivity contribution is 5.75.